The molecule has 202 valence electrons. The second-order valence-electron chi connectivity index (χ2n) is 11.6. The average Bonchev–Trinajstić information content (AvgIpc) is 3.46. The summed E-state index contributed by atoms with van der Waals surface area (Å²) in [5.74, 6) is 0. The number of rotatable bonds is 3. The molecule has 0 radical (unpaired) electrons. The van der Waals surface area contributed by atoms with Crippen LogP contribution in [-0.2, 0) is 0 Å². The van der Waals surface area contributed by atoms with Gasteiger partial charge < -0.3 is 4.42 Å². The summed E-state index contributed by atoms with van der Waals surface area (Å²) in [7, 11) is 0. The molecule has 9 rings (SSSR count). The lowest BCUT2D eigenvalue weighted by molar-refractivity contribution is 0.667. The minimum absolute atomic E-state index is 0.946. The standard InChI is InChI=1S/C42H28O/c1-2-11-30-26-31(25-20-27(30)10-1)41-36-15-5-3-13-34(36)40(35-14-4-6-16-37(35)41)29-23-21-28(22-24-29)32-17-9-18-38-33-12-7-8-19-39(33)43-42(32)38/h1-21,23,25-26H,22,24H2. The van der Waals surface area contributed by atoms with Gasteiger partial charge in [0.2, 0.25) is 0 Å². The Hall–Kier alpha value is -5.40. The fourth-order valence-corrected chi connectivity index (χ4v) is 7.20. The van der Waals surface area contributed by atoms with Crippen molar-refractivity contribution in [3.8, 4) is 11.1 Å². The molecule has 0 atom stereocenters. The molecule has 1 aromatic heterocycles. The van der Waals surface area contributed by atoms with Crippen molar-refractivity contribution in [2.75, 3.05) is 0 Å². The van der Waals surface area contributed by atoms with Gasteiger partial charge in [0.25, 0.3) is 0 Å². The summed E-state index contributed by atoms with van der Waals surface area (Å²) in [5.41, 5.74) is 9.77. The molecule has 1 heteroatoms. The largest absolute Gasteiger partial charge is 0.455 e. The van der Waals surface area contributed by atoms with Crippen LogP contribution < -0.4 is 0 Å². The maximum Gasteiger partial charge on any atom is 0.142 e. The number of hydrogen-bond acceptors (Lipinski definition) is 1. The van der Waals surface area contributed by atoms with Crippen molar-refractivity contribution in [1.29, 1.82) is 0 Å². The van der Waals surface area contributed by atoms with Gasteiger partial charge in [-0.3, -0.25) is 0 Å². The van der Waals surface area contributed by atoms with E-state index in [0.29, 0.717) is 0 Å². The fraction of sp³-hybridized carbons (Fsp3) is 0.0476. The highest BCUT2D eigenvalue weighted by Crippen LogP contribution is 2.45. The van der Waals surface area contributed by atoms with Crippen LogP contribution in [0.2, 0.25) is 0 Å². The zero-order chi connectivity index (χ0) is 28.3. The van der Waals surface area contributed by atoms with E-state index in [1.54, 1.807) is 0 Å². The Kier molecular flexibility index (Phi) is 5.39. The molecule has 0 spiro atoms. The second kappa shape index (κ2) is 9.58. The van der Waals surface area contributed by atoms with Crippen LogP contribution in [-0.4, -0.2) is 0 Å². The van der Waals surface area contributed by atoms with Crippen LogP contribution in [0.15, 0.2) is 150 Å². The van der Waals surface area contributed by atoms with Crippen LogP contribution in [0.25, 0.3) is 76.5 Å². The smallest absolute Gasteiger partial charge is 0.142 e. The third-order valence-corrected chi connectivity index (χ3v) is 9.19. The molecule has 1 nitrogen and oxygen atoms in total. The highest BCUT2D eigenvalue weighted by molar-refractivity contribution is 6.19. The highest BCUT2D eigenvalue weighted by atomic mass is 16.3. The van der Waals surface area contributed by atoms with Crippen molar-refractivity contribution in [2.45, 2.75) is 12.8 Å². The number of fused-ring (bicyclic) bond motifs is 6. The van der Waals surface area contributed by atoms with Crippen molar-refractivity contribution < 1.29 is 4.42 Å². The molecule has 0 N–H and O–H groups in total. The molecule has 0 unspecified atom stereocenters. The van der Waals surface area contributed by atoms with E-state index in [0.717, 1.165) is 24.0 Å². The van der Waals surface area contributed by atoms with E-state index in [-0.39, 0.29) is 0 Å². The Morgan fingerprint density at radius 3 is 1.72 bits per heavy atom. The number of furan rings is 1. The maximum atomic E-state index is 6.38. The lowest BCUT2D eigenvalue weighted by atomic mass is 9.82. The van der Waals surface area contributed by atoms with Crippen molar-refractivity contribution in [1.82, 2.24) is 0 Å². The zero-order valence-electron chi connectivity index (χ0n) is 23.7. The number of benzene rings is 7. The summed E-state index contributed by atoms with van der Waals surface area (Å²) in [6, 6.07) is 48.3. The summed E-state index contributed by atoms with van der Waals surface area (Å²) < 4.78 is 6.38. The summed E-state index contributed by atoms with van der Waals surface area (Å²) in [5, 5.41) is 10.1. The Morgan fingerprint density at radius 1 is 0.419 bits per heavy atom. The summed E-state index contributed by atoms with van der Waals surface area (Å²) in [6.07, 6.45) is 6.62. The summed E-state index contributed by atoms with van der Waals surface area (Å²) in [6.45, 7) is 0. The molecular formula is C42H28O. The Morgan fingerprint density at radius 2 is 1.00 bits per heavy atom. The van der Waals surface area contributed by atoms with Gasteiger partial charge in [-0.25, -0.2) is 0 Å². The third kappa shape index (κ3) is 3.78. The van der Waals surface area contributed by atoms with Gasteiger partial charge in [0, 0.05) is 16.3 Å². The van der Waals surface area contributed by atoms with Gasteiger partial charge in [-0.1, -0.05) is 133 Å². The van der Waals surface area contributed by atoms with E-state index in [9.17, 15) is 0 Å². The molecular weight excluding hydrogens is 520 g/mol. The van der Waals surface area contributed by atoms with Crippen LogP contribution >= 0.6 is 0 Å². The number of hydrogen-bond donors (Lipinski definition) is 0. The van der Waals surface area contributed by atoms with Crippen LogP contribution in [0.1, 0.15) is 24.0 Å². The molecule has 1 aliphatic carbocycles. The predicted octanol–water partition coefficient (Wildman–Crippen LogP) is 12.0. The molecule has 0 saturated carbocycles. The molecule has 1 aliphatic rings. The van der Waals surface area contributed by atoms with Gasteiger partial charge in [0.1, 0.15) is 11.2 Å². The molecule has 0 saturated heterocycles. The topological polar surface area (TPSA) is 13.1 Å². The van der Waals surface area contributed by atoms with Crippen LogP contribution in [0.3, 0.4) is 0 Å². The van der Waals surface area contributed by atoms with Gasteiger partial charge in [0.05, 0.1) is 0 Å². The van der Waals surface area contributed by atoms with Gasteiger partial charge in [-0.05, 0) is 85.1 Å². The number of allylic oxidation sites excluding steroid dienone is 4. The van der Waals surface area contributed by atoms with Crippen LogP contribution in [0.5, 0.6) is 0 Å². The lowest BCUT2D eigenvalue weighted by Gasteiger charge is -2.21. The maximum absolute atomic E-state index is 6.38. The van der Waals surface area contributed by atoms with Crippen molar-refractivity contribution >= 4 is 65.4 Å². The molecule has 0 fully saturated rings. The minimum atomic E-state index is 0.946. The molecule has 8 aromatic rings. The quantitative estimate of drug-likeness (QED) is 0.200. The fourth-order valence-electron chi connectivity index (χ4n) is 7.20. The van der Waals surface area contributed by atoms with Crippen molar-refractivity contribution in [3.05, 3.63) is 157 Å². The van der Waals surface area contributed by atoms with Crippen molar-refractivity contribution in [2.24, 2.45) is 0 Å². The molecule has 0 bridgehead atoms. The molecule has 0 aliphatic heterocycles. The Labute approximate surface area is 250 Å². The zero-order valence-corrected chi connectivity index (χ0v) is 23.7. The molecule has 1 heterocycles. The predicted molar refractivity (Wildman–Crippen MR) is 183 cm³/mol. The first kappa shape index (κ1) is 24.2. The normalized spacial score (nSPS) is 13.7. The lowest BCUT2D eigenvalue weighted by Crippen LogP contribution is -1.98. The minimum Gasteiger partial charge on any atom is -0.455 e. The SMILES string of the molecule is C1=C(c2c3ccccc3c(-c3ccc4ccccc4c3)c3ccccc23)CCC(c2cccc3c2oc2ccccc23)=C1. The summed E-state index contributed by atoms with van der Waals surface area (Å²) >= 11 is 0. The van der Waals surface area contributed by atoms with E-state index >= 15 is 0 Å². The highest BCUT2D eigenvalue weighted by Gasteiger charge is 2.21. The van der Waals surface area contributed by atoms with Crippen molar-refractivity contribution in [3.63, 3.8) is 0 Å². The first-order valence-electron chi connectivity index (χ1n) is 15.1. The Bertz CT molecular complexity index is 2390. The molecule has 43 heavy (non-hydrogen) atoms. The van der Waals surface area contributed by atoms with Crippen LogP contribution in [0.4, 0.5) is 0 Å². The number of para-hydroxylation sites is 2. The monoisotopic (exact) mass is 548 g/mol. The van der Waals surface area contributed by atoms with Gasteiger partial charge >= 0.3 is 0 Å². The van der Waals surface area contributed by atoms with E-state index in [1.807, 2.05) is 6.07 Å². The second-order valence-corrected chi connectivity index (χ2v) is 11.6. The summed E-state index contributed by atoms with van der Waals surface area (Å²) in [4.78, 5) is 0. The molecule has 7 aromatic carbocycles. The van der Waals surface area contributed by atoms with Gasteiger partial charge in [0.15, 0.2) is 0 Å². The Balaban J connectivity index is 1.24. The van der Waals surface area contributed by atoms with E-state index in [4.69, 9.17) is 4.42 Å². The molecule has 0 amide bonds. The average molecular weight is 549 g/mol. The third-order valence-electron chi connectivity index (χ3n) is 9.19. The first-order chi connectivity index (χ1) is 21.3. The van der Waals surface area contributed by atoms with Gasteiger partial charge in [-0.15, -0.1) is 0 Å². The van der Waals surface area contributed by atoms with E-state index < -0.39 is 0 Å². The van der Waals surface area contributed by atoms with E-state index in [1.165, 1.54) is 76.5 Å². The van der Waals surface area contributed by atoms with Crippen LogP contribution in [0, 0.1) is 0 Å². The van der Waals surface area contributed by atoms with Gasteiger partial charge in [-0.2, -0.15) is 0 Å². The first-order valence-corrected chi connectivity index (χ1v) is 15.1. The van der Waals surface area contributed by atoms with E-state index in [2.05, 4.69) is 140 Å².